The van der Waals surface area contributed by atoms with Crippen LogP contribution in [0, 0.1) is 17.5 Å². The third kappa shape index (κ3) is 4.80. The summed E-state index contributed by atoms with van der Waals surface area (Å²) < 4.78 is 41.8. The average molecular weight is 447 g/mol. The number of carbonyl (C=O) groups is 2. The summed E-state index contributed by atoms with van der Waals surface area (Å²) in [6.07, 6.45) is 0. The summed E-state index contributed by atoms with van der Waals surface area (Å²) >= 11 is 0. The number of hydrogen-bond acceptors (Lipinski definition) is 4. The summed E-state index contributed by atoms with van der Waals surface area (Å²) in [5.74, 6) is -2.50. The summed E-state index contributed by atoms with van der Waals surface area (Å²) in [7, 11) is 0. The number of halogens is 3. The van der Waals surface area contributed by atoms with E-state index in [2.05, 4.69) is 10.6 Å². The standard InChI is InChI=1S/C22H24F3N5O2/c23-15-1-3-18(24)17(13-15)21(31)29-9-11-30(12-10-29)22(32)27-16-2-4-20(19(25)14-16)28-7-5-26-6-8-28/h1-4,13-14,26H,5-12H2,(H,27,32). The number of rotatable bonds is 3. The van der Waals surface area contributed by atoms with Gasteiger partial charge in [0.15, 0.2) is 0 Å². The Hall–Kier alpha value is -3.27. The second-order valence-electron chi connectivity index (χ2n) is 7.74. The van der Waals surface area contributed by atoms with Gasteiger partial charge in [-0.1, -0.05) is 0 Å². The maximum Gasteiger partial charge on any atom is 0.321 e. The van der Waals surface area contributed by atoms with Crippen molar-refractivity contribution in [3.05, 3.63) is 59.4 Å². The molecule has 0 atom stereocenters. The Kier molecular flexibility index (Phi) is 6.50. The van der Waals surface area contributed by atoms with Crippen molar-refractivity contribution >= 4 is 23.3 Å². The summed E-state index contributed by atoms with van der Waals surface area (Å²) in [6.45, 7) is 3.80. The molecule has 2 aromatic carbocycles. The summed E-state index contributed by atoms with van der Waals surface area (Å²) in [5, 5.41) is 5.89. The van der Waals surface area contributed by atoms with E-state index in [1.807, 2.05) is 4.90 Å². The molecule has 10 heteroatoms. The molecule has 4 rings (SSSR count). The summed E-state index contributed by atoms with van der Waals surface area (Å²) in [4.78, 5) is 29.9. The Morgan fingerprint density at radius 1 is 0.812 bits per heavy atom. The van der Waals surface area contributed by atoms with Crippen LogP contribution in [0.5, 0.6) is 0 Å². The van der Waals surface area contributed by atoms with Gasteiger partial charge in [-0.15, -0.1) is 0 Å². The molecular weight excluding hydrogens is 423 g/mol. The van der Waals surface area contributed by atoms with E-state index in [0.29, 0.717) is 24.5 Å². The van der Waals surface area contributed by atoms with Gasteiger partial charge in [-0.25, -0.2) is 18.0 Å². The highest BCUT2D eigenvalue weighted by molar-refractivity contribution is 5.95. The molecule has 7 nitrogen and oxygen atoms in total. The van der Waals surface area contributed by atoms with Crippen LogP contribution in [-0.2, 0) is 0 Å². The Morgan fingerprint density at radius 2 is 1.50 bits per heavy atom. The van der Waals surface area contributed by atoms with Crippen molar-refractivity contribution in [1.82, 2.24) is 15.1 Å². The van der Waals surface area contributed by atoms with Crippen molar-refractivity contribution in [2.75, 3.05) is 62.6 Å². The molecule has 2 N–H and O–H groups in total. The van der Waals surface area contributed by atoms with Gasteiger partial charge in [0, 0.05) is 58.0 Å². The minimum atomic E-state index is -0.789. The molecule has 2 aliphatic heterocycles. The lowest BCUT2D eigenvalue weighted by atomic mass is 10.1. The topological polar surface area (TPSA) is 67.9 Å². The Morgan fingerprint density at radius 3 is 2.19 bits per heavy atom. The smallest absolute Gasteiger partial charge is 0.321 e. The Balaban J connectivity index is 1.33. The van der Waals surface area contributed by atoms with Crippen molar-refractivity contribution in [3.63, 3.8) is 0 Å². The average Bonchev–Trinajstić information content (AvgIpc) is 2.81. The molecule has 32 heavy (non-hydrogen) atoms. The van der Waals surface area contributed by atoms with Gasteiger partial charge in [0.1, 0.15) is 17.5 Å². The maximum absolute atomic E-state index is 14.6. The molecular formula is C22H24F3N5O2. The van der Waals surface area contributed by atoms with E-state index in [-0.39, 0.29) is 31.7 Å². The van der Waals surface area contributed by atoms with Crippen LogP contribution in [0.25, 0.3) is 0 Å². The third-order valence-corrected chi connectivity index (χ3v) is 5.67. The van der Waals surface area contributed by atoms with Crippen LogP contribution in [0.4, 0.5) is 29.3 Å². The quantitative estimate of drug-likeness (QED) is 0.759. The zero-order valence-corrected chi connectivity index (χ0v) is 17.4. The number of carbonyl (C=O) groups excluding carboxylic acids is 2. The Bertz CT molecular complexity index is 1010. The molecule has 0 aromatic heterocycles. The van der Waals surface area contributed by atoms with Crippen molar-refractivity contribution in [1.29, 1.82) is 0 Å². The molecule has 0 bridgehead atoms. The van der Waals surface area contributed by atoms with Crippen LogP contribution < -0.4 is 15.5 Å². The number of nitrogens with one attached hydrogen (secondary N) is 2. The largest absolute Gasteiger partial charge is 0.367 e. The van der Waals surface area contributed by atoms with Crippen LogP contribution in [-0.4, -0.2) is 74.1 Å². The molecule has 0 unspecified atom stereocenters. The molecule has 0 spiro atoms. The van der Waals surface area contributed by atoms with Crippen LogP contribution in [0.3, 0.4) is 0 Å². The lowest BCUT2D eigenvalue weighted by Gasteiger charge is -2.35. The summed E-state index contributed by atoms with van der Waals surface area (Å²) in [6, 6.07) is 6.93. The van der Waals surface area contributed by atoms with Crippen LogP contribution in [0.1, 0.15) is 10.4 Å². The van der Waals surface area contributed by atoms with E-state index in [9.17, 15) is 22.8 Å². The van der Waals surface area contributed by atoms with Gasteiger partial charge >= 0.3 is 6.03 Å². The van der Waals surface area contributed by atoms with Crippen LogP contribution >= 0.6 is 0 Å². The van der Waals surface area contributed by atoms with Gasteiger partial charge in [0.05, 0.1) is 11.3 Å². The molecule has 2 aliphatic rings. The highest BCUT2D eigenvalue weighted by Gasteiger charge is 2.27. The SMILES string of the molecule is O=C(Nc1ccc(N2CCNCC2)c(F)c1)N1CCN(C(=O)c2cc(F)ccc2F)CC1. The molecule has 3 amide bonds. The molecule has 2 aromatic rings. The van der Waals surface area contributed by atoms with Crippen molar-refractivity contribution in [2.45, 2.75) is 0 Å². The molecule has 2 fully saturated rings. The number of hydrogen-bond donors (Lipinski definition) is 2. The lowest BCUT2D eigenvalue weighted by Crippen LogP contribution is -2.51. The fourth-order valence-corrected chi connectivity index (χ4v) is 3.89. The normalized spacial score (nSPS) is 16.8. The monoisotopic (exact) mass is 447 g/mol. The second kappa shape index (κ2) is 9.47. The van der Waals surface area contributed by atoms with Crippen LogP contribution in [0.2, 0.25) is 0 Å². The molecule has 2 saturated heterocycles. The van der Waals surface area contributed by atoms with E-state index in [1.165, 1.54) is 15.9 Å². The van der Waals surface area contributed by atoms with Gasteiger partial charge in [-0.2, -0.15) is 0 Å². The first-order valence-corrected chi connectivity index (χ1v) is 10.5. The minimum Gasteiger partial charge on any atom is -0.367 e. The highest BCUT2D eigenvalue weighted by Crippen LogP contribution is 2.24. The number of anilines is 2. The molecule has 0 aliphatic carbocycles. The summed E-state index contributed by atoms with van der Waals surface area (Å²) in [5.41, 5.74) is 0.510. The van der Waals surface area contributed by atoms with Crippen molar-refractivity contribution < 1.29 is 22.8 Å². The van der Waals surface area contributed by atoms with E-state index in [4.69, 9.17) is 0 Å². The number of benzene rings is 2. The fourth-order valence-electron chi connectivity index (χ4n) is 3.89. The number of urea groups is 1. The first-order chi connectivity index (χ1) is 15.4. The first-order valence-electron chi connectivity index (χ1n) is 10.5. The number of nitrogens with zero attached hydrogens (tertiary/aromatic N) is 3. The van der Waals surface area contributed by atoms with Gasteiger partial charge in [-0.3, -0.25) is 4.79 Å². The van der Waals surface area contributed by atoms with Crippen molar-refractivity contribution in [3.8, 4) is 0 Å². The van der Waals surface area contributed by atoms with Gasteiger partial charge < -0.3 is 25.3 Å². The van der Waals surface area contributed by atoms with Crippen LogP contribution in [0.15, 0.2) is 36.4 Å². The van der Waals surface area contributed by atoms with Gasteiger partial charge in [0.25, 0.3) is 5.91 Å². The molecule has 170 valence electrons. The third-order valence-electron chi connectivity index (χ3n) is 5.67. The number of piperazine rings is 2. The van der Waals surface area contributed by atoms with Gasteiger partial charge in [0.2, 0.25) is 0 Å². The number of amides is 3. The second-order valence-corrected chi connectivity index (χ2v) is 7.74. The highest BCUT2D eigenvalue weighted by atomic mass is 19.1. The van der Waals surface area contributed by atoms with Gasteiger partial charge in [-0.05, 0) is 36.4 Å². The van der Waals surface area contributed by atoms with E-state index in [0.717, 1.165) is 31.3 Å². The lowest BCUT2D eigenvalue weighted by molar-refractivity contribution is 0.0666. The predicted molar refractivity (Wildman–Crippen MR) is 114 cm³/mol. The predicted octanol–water partition coefficient (Wildman–Crippen LogP) is 2.50. The zero-order chi connectivity index (χ0) is 22.7. The van der Waals surface area contributed by atoms with E-state index < -0.39 is 29.4 Å². The molecule has 0 saturated carbocycles. The Labute approximate surface area is 183 Å². The maximum atomic E-state index is 14.6. The van der Waals surface area contributed by atoms with E-state index in [1.54, 1.807) is 12.1 Å². The van der Waals surface area contributed by atoms with Crippen molar-refractivity contribution in [2.24, 2.45) is 0 Å². The molecule has 0 radical (unpaired) electrons. The first kappa shape index (κ1) is 21.9. The fraction of sp³-hybridized carbons (Fsp3) is 0.364. The van der Waals surface area contributed by atoms with E-state index >= 15 is 0 Å². The molecule has 2 heterocycles. The zero-order valence-electron chi connectivity index (χ0n) is 17.4. The minimum absolute atomic E-state index is 0.179.